The first kappa shape index (κ1) is 15.0. The number of hydrogen-bond donors (Lipinski definition) is 1. The maximum atomic E-state index is 12.5. The Morgan fingerprint density at radius 3 is 2.59 bits per heavy atom. The molecule has 0 radical (unpaired) electrons. The minimum absolute atomic E-state index is 0.00348. The molecule has 0 saturated carbocycles. The lowest BCUT2D eigenvalue weighted by molar-refractivity contribution is 0.0741. The molecule has 1 saturated heterocycles. The van der Waals surface area contributed by atoms with E-state index in [-0.39, 0.29) is 5.91 Å². The summed E-state index contributed by atoms with van der Waals surface area (Å²) in [5.41, 5.74) is 1.50. The van der Waals surface area contributed by atoms with Crippen molar-refractivity contribution in [3.05, 3.63) is 23.3 Å². The van der Waals surface area contributed by atoms with Crippen LogP contribution >= 0.6 is 11.5 Å². The van der Waals surface area contributed by atoms with E-state index >= 15 is 0 Å². The largest absolute Gasteiger partial charge is 0.343 e. The van der Waals surface area contributed by atoms with E-state index in [1.54, 1.807) is 0 Å². The SMILES string of the molecule is Cc1nsc(N2CCN(C(=O)c3cc(C(C)C)[nH]n3)CC2)n1. The molecule has 1 amide bonds. The molecule has 22 heavy (non-hydrogen) atoms. The Balaban J connectivity index is 1.61. The van der Waals surface area contributed by atoms with Gasteiger partial charge in [-0.1, -0.05) is 13.8 Å². The summed E-state index contributed by atoms with van der Waals surface area (Å²) < 4.78 is 4.21. The van der Waals surface area contributed by atoms with Crippen molar-refractivity contribution in [2.24, 2.45) is 0 Å². The van der Waals surface area contributed by atoms with Crippen molar-refractivity contribution in [2.75, 3.05) is 31.1 Å². The maximum absolute atomic E-state index is 12.5. The van der Waals surface area contributed by atoms with Crippen LogP contribution in [0.15, 0.2) is 6.07 Å². The molecule has 0 aromatic carbocycles. The lowest BCUT2D eigenvalue weighted by Crippen LogP contribution is -2.48. The van der Waals surface area contributed by atoms with Crippen LogP contribution in [0.4, 0.5) is 5.13 Å². The molecule has 0 atom stereocenters. The first-order chi connectivity index (χ1) is 10.5. The van der Waals surface area contributed by atoms with Crippen molar-refractivity contribution in [1.29, 1.82) is 0 Å². The fourth-order valence-corrected chi connectivity index (χ4v) is 3.14. The predicted octanol–water partition coefficient (Wildman–Crippen LogP) is 1.66. The standard InChI is InChI=1S/C14H20N6OS/c1-9(2)11-8-12(17-16-11)13(21)19-4-6-20(7-5-19)14-15-10(3)18-22-14/h8-9H,4-7H2,1-3H3,(H,16,17). The topological polar surface area (TPSA) is 78.0 Å². The van der Waals surface area contributed by atoms with E-state index in [2.05, 4.69) is 38.3 Å². The number of piperazine rings is 1. The summed E-state index contributed by atoms with van der Waals surface area (Å²) in [6.07, 6.45) is 0. The number of carbonyl (C=O) groups is 1. The molecule has 1 aliphatic heterocycles. The zero-order chi connectivity index (χ0) is 15.7. The number of carbonyl (C=O) groups excluding carboxylic acids is 1. The van der Waals surface area contributed by atoms with Gasteiger partial charge in [0.2, 0.25) is 5.13 Å². The van der Waals surface area contributed by atoms with Crippen LogP contribution in [0.3, 0.4) is 0 Å². The molecule has 3 heterocycles. The summed E-state index contributed by atoms with van der Waals surface area (Å²) in [5.74, 6) is 1.14. The fraction of sp³-hybridized carbons (Fsp3) is 0.571. The second-order valence-corrected chi connectivity index (χ2v) is 6.50. The van der Waals surface area contributed by atoms with Crippen molar-refractivity contribution >= 4 is 22.6 Å². The minimum Gasteiger partial charge on any atom is -0.343 e. The van der Waals surface area contributed by atoms with Crippen LogP contribution in [-0.2, 0) is 0 Å². The van der Waals surface area contributed by atoms with Crippen molar-refractivity contribution in [1.82, 2.24) is 24.5 Å². The Morgan fingerprint density at radius 2 is 2.05 bits per heavy atom. The highest BCUT2D eigenvalue weighted by Gasteiger charge is 2.25. The number of anilines is 1. The number of aromatic nitrogens is 4. The molecule has 1 N–H and O–H groups in total. The van der Waals surface area contributed by atoms with Crippen LogP contribution < -0.4 is 4.90 Å². The lowest BCUT2D eigenvalue weighted by atomic mass is 10.1. The van der Waals surface area contributed by atoms with Crippen molar-refractivity contribution in [3.63, 3.8) is 0 Å². The van der Waals surface area contributed by atoms with Gasteiger partial charge in [0.15, 0.2) is 0 Å². The molecular weight excluding hydrogens is 300 g/mol. The number of aromatic amines is 1. The van der Waals surface area contributed by atoms with Crippen LogP contribution in [0.1, 0.15) is 41.8 Å². The molecule has 0 spiro atoms. The highest BCUT2D eigenvalue weighted by molar-refractivity contribution is 7.09. The smallest absolute Gasteiger partial charge is 0.274 e. The predicted molar refractivity (Wildman–Crippen MR) is 85.4 cm³/mol. The normalized spacial score (nSPS) is 15.6. The lowest BCUT2D eigenvalue weighted by Gasteiger charge is -2.33. The molecule has 2 aromatic heterocycles. The van der Waals surface area contributed by atoms with Gasteiger partial charge in [0, 0.05) is 43.4 Å². The first-order valence-corrected chi connectivity index (χ1v) is 8.22. The molecule has 2 aromatic rings. The number of nitrogens with one attached hydrogen (secondary N) is 1. The zero-order valence-corrected chi connectivity index (χ0v) is 13.9. The van der Waals surface area contributed by atoms with E-state index in [0.717, 1.165) is 29.7 Å². The van der Waals surface area contributed by atoms with Gasteiger partial charge >= 0.3 is 0 Å². The van der Waals surface area contributed by atoms with Gasteiger partial charge in [-0.25, -0.2) is 4.98 Å². The van der Waals surface area contributed by atoms with Gasteiger partial charge in [-0.15, -0.1) is 0 Å². The van der Waals surface area contributed by atoms with Crippen molar-refractivity contribution in [3.8, 4) is 0 Å². The van der Waals surface area contributed by atoms with E-state index in [1.165, 1.54) is 11.5 Å². The molecule has 3 rings (SSSR count). The zero-order valence-electron chi connectivity index (χ0n) is 13.0. The summed E-state index contributed by atoms with van der Waals surface area (Å²) in [7, 11) is 0. The Morgan fingerprint density at radius 1 is 1.32 bits per heavy atom. The number of H-pyrrole nitrogens is 1. The van der Waals surface area contributed by atoms with E-state index in [9.17, 15) is 4.79 Å². The molecule has 0 unspecified atom stereocenters. The maximum Gasteiger partial charge on any atom is 0.274 e. The van der Waals surface area contributed by atoms with Gasteiger partial charge in [-0.2, -0.15) is 9.47 Å². The molecule has 7 nitrogen and oxygen atoms in total. The molecule has 0 bridgehead atoms. The molecule has 8 heteroatoms. The van der Waals surface area contributed by atoms with Crippen molar-refractivity contribution < 1.29 is 4.79 Å². The molecule has 1 aliphatic rings. The molecule has 118 valence electrons. The van der Waals surface area contributed by atoms with Gasteiger partial charge in [0.1, 0.15) is 11.5 Å². The summed E-state index contributed by atoms with van der Waals surface area (Å²) >= 11 is 1.41. The van der Waals surface area contributed by atoms with Gasteiger partial charge < -0.3 is 9.80 Å². The number of rotatable bonds is 3. The van der Waals surface area contributed by atoms with Gasteiger partial charge in [-0.3, -0.25) is 9.89 Å². The van der Waals surface area contributed by atoms with Crippen LogP contribution in [0.2, 0.25) is 0 Å². The van der Waals surface area contributed by atoms with E-state index in [0.29, 0.717) is 24.7 Å². The van der Waals surface area contributed by atoms with Crippen molar-refractivity contribution in [2.45, 2.75) is 26.7 Å². The second-order valence-electron chi connectivity index (χ2n) is 5.77. The number of hydrogen-bond acceptors (Lipinski definition) is 6. The molecular formula is C14H20N6OS. The Bertz CT molecular complexity index is 656. The Labute approximate surface area is 133 Å². The number of nitrogens with zero attached hydrogens (tertiary/aromatic N) is 5. The third-order valence-electron chi connectivity index (χ3n) is 3.79. The molecule has 0 aliphatic carbocycles. The quantitative estimate of drug-likeness (QED) is 0.930. The summed E-state index contributed by atoms with van der Waals surface area (Å²) in [5, 5.41) is 8.02. The van der Waals surface area contributed by atoms with E-state index in [4.69, 9.17) is 0 Å². The minimum atomic E-state index is -0.00348. The monoisotopic (exact) mass is 320 g/mol. The van der Waals surface area contributed by atoms with Gasteiger partial charge in [0.05, 0.1) is 0 Å². The van der Waals surface area contributed by atoms with E-state index < -0.39 is 0 Å². The summed E-state index contributed by atoms with van der Waals surface area (Å²) in [6, 6.07) is 1.85. The number of aryl methyl sites for hydroxylation is 1. The Kier molecular flexibility index (Phi) is 4.10. The van der Waals surface area contributed by atoms with Crippen LogP contribution in [-0.4, -0.2) is 56.5 Å². The first-order valence-electron chi connectivity index (χ1n) is 7.44. The van der Waals surface area contributed by atoms with Crippen LogP contribution in [0.5, 0.6) is 0 Å². The van der Waals surface area contributed by atoms with E-state index in [1.807, 2.05) is 17.9 Å². The Hall–Kier alpha value is -1.96. The summed E-state index contributed by atoms with van der Waals surface area (Å²) in [4.78, 5) is 20.9. The summed E-state index contributed by atoms with van der Waals surface area (Å²) in [6.45, 7) is 8.96. The highest BCUT2D eigenvalue weighted by atomic mass is 32.1. The third kappa shape index (κ3) is 2.96. The fourth-order valence-electron chi connectivity index (χ4n) is 2.42. The average Bonchev–Trinajstić information content (AvgIpc) is 3.16. The molecule has 1 fully saturated rings. The highest BCUT2D eigenvalue weighted by Crippen LogP contribution is 2.19. The van der Waals surface area contributed by atoms with Crippen LogP contribution in [0.25, 0.3) is 0 Å². The van der Waals surface area contributed by atoms with Gasteiger partial charge in [0.25, 0.3) is 5.91 Å². The second kappa shape index (κ2) is 6.04. The van der Waals surface area contributed by atoms with Crippen LogP contribution in [0, 0.1) is 6.92 Å². The number of amides is 1. The average molecular weight is 320 g/mol. The van der Waals surface area contributed by atoms with Gasteiger partial charge in [-0.05, 0) is 18.9 Å². The third-order valence-corrected chi connectivity index (χ3v) is 4.66.